The zero-order valence-electron chi connectivity index (χ0n) is 15.2. The van der Waals surface area contributed by atoms with Crippen molar-refractivity contribution in [1.29, 1.82) is 0 Å². The smallest absolute Gasteiger partial charge is 0.240 e. The second kappa shape index (κ2) is 9.09. The van der Waals surface area contributed by atoms with E-state index in [1.54, 1.807) is 24.3 Å². The summed E-state index contributed by atoms with van der Waals surface area (Å²) in [6.07, 6.45) is 1.48. The summed E-state index contributed by atoms with van der Waals surface area (Å²) < 4.78 is 32.2. The standard InChI is InChI=1S/C20H20N2O4S2/c1-15-5-2-3-7-19(15)27-14-20(23)22-16-8-10-18(11-9-16)28(24,25)21-13-17-6-4-12-26-17/h2-12,21H,13-14H2,1H3,(H,22,23). The van der Waals surface area contributed by atoms with Crippen LogP contribution in [-0.2, 0) is 21.4 Å². The van der Waals surface area contributed by atoms with Gasteiger partial charge >= 0.3 is 0 Å². The lowest BCUT2D eigenvalue weighted by atomic mass is 10.2. The molecule has 0 fully saturated rings. The van der Waals surface area contributed by atoms with E-state index in [4.69, 9.17) is 4.42 Å². The normalized spacial score (nSPS) is 11.3. The Balaban J connectivity index is 1.54. The van der Waals surface area contributed by atoms with E-state index in [1.807, 2.05) is 31.2 Å². The Morgan fingerprint density at radius 2 is 1.79 bits per heavy atom. The van der Waals surface area contributed by atoms with Crippen LogP contribution < -0.4 is 10.0 Å². The van der Waals surface area contributed by atoms with E-state index < -0.39 is 10.0 Å². The summed E-state index contributed by atoms with van der Waals surface area (Å²) in [5.41, 5.74) is 1.66. The Morgan fingerprint density at radius 1 is 1.04 bits per heavy atom. The van der Waals surface area contributed by atoms with Crippen molar-refractivity contribution in [1.82, 2.24) is 4.72 Å². The van der Waals surface area contributed by atoms with E-state index >= 15 is 0 Å². The molecule has 0 saturated carbocycles. The number of sulfonamides is 1. The fourth-order valence-corrected chi connectivity index (χ4v) is 4.26. The number of carbonyl (C=O) groups excluding carboxylic acids is 1. The number of thioether (sulfide) groups is 1. The van der Waals surface area contributed by atoms with Crippen molar-refractivity contribution in [3.63, 3.8) is 0 Å². The molecule has 0 aliphatic heterocycles. The molecule has 0 atom stereocenters. The monoisotopic (exact) mass is 416 g/mol. The molecule has 8 heteroatoms. The molecule has 2 aromatic carbocycles. The van der Waals surface area contributed by atoms with Gasteiger partial charge in [0, 0.05) is 10.6 Å². The van der Waals surface area contributed by atoms with E-state index in [0.717, 1.165) is 10.5 Å². The largest absolute Gasteiger partial charge is 0.468 e. The minimum Gasteiger partial charge on any atom is -0.468 e. The number of nitrogens with one attached hydrogen (secondary N) is 2. The van der Waals surface area contributed by atoms with Crippen LogP contribution in [0.25, 0.3) is 0 Å². The molecule has 0 spiro atoms. The molecular formula is C20H20N2O4S2. The number of hydrogen-bond acceptors (Lipinski definition) is 5. The van der Waals surface area contributed by atoms with Crippen molar-refractivity contribution in [2.75, 3.05) is 11.1 Å². The molecule has 28 heavy (non-hydrogen) atoms. The average molecular weight is 417 g/mol. The first-order valence-corrected chi connectivity index (χ1v) is 11.0. The first-order chi connectivity index (χ1) is 13.4. The highest BCUT2D eigenvalue weighted by atomic mass is 32.2. The summed E-state index contributed by atoms with van der Waals surface area (Å²) in [5, 5.41) is 2.77. The molecule has 0 bridgehead atoms. The molecule has 1 heterocycles. The second-order valence-electron chi connectivity index (χ2n) is 6.03. The van der Waals surface area contributed by atoms with E-state index in [0.29, 0.717) is 11.4 Å². The highest BCUT2D eigenvalue weighted by Crippen LogP contribution is 2.22. The molecule has 0 unspecified atom stereocenters. The van der Waals surface area contributed by atoms with Crippen LogP contribution in [0.4, 0.5) is 5.69 Å². The van der Waals surface area contributed by atoms with Gasteiger partial charge in [0.15, 0.2) is 0 Å². The van der Waals surface area contributed by atoms with Crippen molar-refractivity contribution in [2.24, 2.45) is 0 Å². The van der Waals surface area contributed by atoms with Crippen LogP contribution in [0.2, 0.25) is 0 Å². The Hall–Kier alpha value is -2.55. The Bertz CT molecular complexity index is 1030. The zero-order chi connectivity index (χ0) is 20.0. The maximum atomic E-state index is 12.3. The maximum absolute atomic E-state index is 12.3. The van der Waals surface area contributed by atoms with Crippen molar-refractivity contribution < 1.29 is 17.6 Å². The van der Waals surface area contributed by atoms with Gasteiger partial charge in [-0.1, -0.05) is 18.2 Å². The first-order valence-electron chi connectivity index (χ1n) is 8.54. The van der Waals surface area contributed by atoms with Crippen molar-refractivity contribution in [2.45, 2.75) is 23.3 Å². The van der Waals surface area contributed by atoms with Gasteiger partial charge in [-0.05, 0) is 55.0 Å². The fourth-order valence-electron chi connectivity index (χ4n) is 2.44. The lowest BCUT2D eigenvalue weighted by Crippen LogP contribution is -2.23. The van der Waals surface area contributed by atoms with Crippen molar-refractivity contribution in [3.05, 3.63) is 78.3 Å². The van der Waals surface area contributed by atoms with Gasteiger partial charge < -0.3 is 9.73 Å². The molecule has 6 nitrogen and oxygen atoms in total. The molecule has 0 aliphatic rings. The predicted octanol–water partition coefficient (Wildman–Crippen LogP) is 3.80. The maximum Gasteiger partial charge on any atom is 0.240 e. The Labute approximate surface area is 168 Å². The second-order valence-corrected chi connectivity index (χ2v) is 8.81. The van der Waals surface area contributed by atoms with Crippen LogP contribution >= 0.6 is 11.8 Å². The van der Waals surface area contributed by atoms with Gasteiger partial charge in [-0.15, -0.1) is 11.8 Å². The first kappa shape index (κ1) is 20.2. The third-order valence-electron chi connectivity index (χ3n) is 3.92. The van der Waals surface area contributed by atoms with Crippen LogP contribution in [0.15, 0.2) is 81.1 Å². The summed E-state index contributed by atoms with van der Waals surface area (Å²) in [4.78, 5) is 13.3. The molecular weight excluding hydrogens is 396 g/mol. The third-order valence-corrected chi connectivity index (χ3v) is 6.51. The number of aryl methyl sites for hydroxylation is 1. The topological polar surface area (TPSA) is 88.4 Å². The van der Waals surface area contributed by atoms with Gasteiger partial charge in [-0.25, -0.2) is 13.1 Å². The SMILES string of the molecule is Cc1ccccc1SCC(=O)Nc1ccc(S(=O)(=O)NCc2ccco2)cc1. The molecule has 146 valence electrons. The lowest BCUT2D eigenvalue weighted by molar-refractivity contribution is -0.113. The van der Waals surface area contributed by atoms with Gasteiger partial charge in [0.2, 0.25) is 15.9 Å². The lowest BCUT2D eigenvalue weighted by Gasteiger charge is -2.09. The Morgan fingerprint density at radius 3 is 2.46 bits per heavy atom. The van der Waals surface area contributed by atoms with E-state index in [9.17, 15) is 13.2 Å². The summed E-state index contributed by atoms with van der Waals surface area (Å²) in [7, 11) is -3.66. The van der Waals surface area contributed by atoms with Gasteiger partial charge in [-0.3, -0.25) is 4.79 Å². The van der Waals surface area contributed by atoms with E-state index in [2.05, 4.69) is 10.0 Å². The Kier molecular flexibility index (Phi) is 6.56. The van der Waals surface area contributed by atoms with Crippen molar-refractivity contribution >= 4 is 33.4 Å². The summed E-state index contributed by atoms with van der Waals surface area (Å²) >= 11 is 1.46. The number of carbonyl (C=O) groups is 1. The highest BCUT2D eigenvalue weighted by molar-refractivity contribution is 8.00. The molecule has 1 amide bonds. The van der Waals surface area contributed by atoms with Crippen LogP contribution in [-0.4, -0.2) is 20.1 Å². The number of furan rings is 1. The van der Waals surface area contributed by atoms with Gasteiger partial charge in [0.25, 0.3) is 0 Å². The number of rotatable bonds is 8. The van der Waals surface area contributed by atoms with Gasteiger partial charge in [0.05, 0.1) is 23.5 Å². The predicted molar refractivity (Wildman–Crippen MR) is 110 cm³/mol. The van der Waals surface area contributed by atoms with Crippen molar-refractivity contribution in [3.8, 4) is 0 Å². The zero-order valence-corrected chi connectivity index (χ0v) is 16.8. The number of anilines is 1. The molecule has 0 aliphatic carbocycles. The van der Waals surface area contributed by atoms with E-state index in [-0.39, 0.29) is 23.1 Å². The van der Waals surface area contributed by atoms with E-state index in [1.165, 1.54) is 30.2 Å². The summed E-state index contributed by atoms with van der Waals surface area (Å²) in [6.45, 7) is 2.07. The van der Waals surface area contributed by atoms with Crippen LogP contribution in [0, 0.1) is 6.92 Å². The minimum atomic E-state index is -3.66. The molecule has 0 saturated heterocycles. The minimum absolute atomic E-state index is 0.0734. The number of hydrogen-bond donors (Lipinski definition) is 2. The molecule has 3 aromatic rings. The van der Waals surface area contributed by atoms with Crippen LogP contribution in [0.3, 0.4) is 0 Å². The van der Waals surface area contributed by atoms with Crippen LogP contribution in [0.1, 0.15) is 11.3 Å². The number of amides is 1. The van der Waals surface area contributed by atoms with Crippen LogP contribution in [0.5, 0.6) is 0 Å². The molecule has 3 rings (SSSR count). The van der Waals surface area contributed by atoms with Gasteiger partial charge in [0.1, 0.15) is 5.76 Å². The molecule has 1 aromatic heterocycles. The molecule has 2 N–H and O–H groups in total. The van der Waals surface area contributed by atoms with Gasteiger partial charge in [-0.2, -0.15) is 0 Å². The fraction of sp³-hybridized carbons (Fsp3) is 0.150. The third kappa shape index (κ3) is 5.48. The highest BCUT2D eigenvalue weighted by Gasteiger charge is 2.14. The average Bonchev–Trinajstić information content (AvgIpc) is 3.20. The number of benzene rings is 2. The summed E-state index contributed by atoms with van der Waals surface area (Å²) in [6, 6.07) is 17.3. The quantitative estimate of drug-likeness (QED) is 0.546. The summed E-state index contributed by atoms with van der Waals surface area (Å²) in [5.74, 6) is 0.647. The molecule has 0 radical (unpaired) electrons.